The summed E-state index contributed by atoms with van der Waals surface area (Å²) in [6, 6.07) is 11.5. The number of hydrogen-bond donors (Lipinski definition) is 2. The molecule has 164 valence electrons. The number of aromatic nitrogens is 4. The van der Waals surface area contributed by atoms with E-state index in [1.807, 2.05) is 43.3 Å². The number of ether oxygens (including phenoxy) is 1. The summed E-state index contributed by atoms with van der Waals surface area (Å²) in [6.45, 7) is 7.56. The largest absolute Gasteiger partial charge is 0.379 e. The summed E-state index contributed by atoms with van der Waals surface area (Å²) in [5.41, 5.74) is 2.63. The number of rotatable bonds is 9. The molecule has 3 aromatic rings. The first kappa shape index (κ1) is 21.2. The molecule has 1 aliphatic rings. The third-order valence-electron chi connectivity index (χ3n) is 5.30. The van der Waals surface area contributed by atoms with Crippen molar-refractivity contribution in [2.24, 2.45) is 0 Å². The van der Waals surface area contributed by atoms with Crippen molar-refractivity contribution in [3.05, 3.63) is 47.8 Å². The fourth-order valence-electron chi connectivity index (χ4n) is 3.51. The molecule has 1 aromatic carbocycles. The first-order valence-electron chi connectivity index (χ1n) is 10.8. The van der Waals surface area contributed by atoms with Gasteiger partial charge in [-0.1, -0.05) is 17.7 Å². The Morgan fingerprint density at radius 1 is 1.10 bits per heavy atom. The van der Waals surface area contributed by atoms with Gasteiger partial charge in [-0.2, -0.15) is 4.52 Å². The molecule has 31 heavy (non-hydrogen) atoms. The van der Waals surface area contributed by atoms with Crippen molar-refractivity contribution >= 4 is 23.1 Å². The van der Waals surface area contributed by atoms with Crippen molar-refractivity contribution in [1.82, 2.24) is 24.7 Å². The first-order valence-corrected chi connectivity index (χ1v) is 10.8. The number of carbonyl (C=O) groups is 1. The minimum Gasteiger partial charge on any atom is -0.379 e. The van der Waals surface area contributed by atoms with E-state index in [9.17, 15) is 4.79 Å². The zero-order valence-corrected chi connectivity index (χ0v) is 17.9. The van der Waals surface area contributed by atoms with Crippen LogP contribution in [0.3, 0.4) is 0 Å². The second-order valence-corrected chi connectivity index (χ2v) is 7.75. The van der Waals surface area contributed by atoms with Crippen LogP contribution in [-0.4, -0.2) is 70.0 Å². The van der Waals surface area contributed by atoms with Gasteiger partial charge >= 0.3 is 0 Å². The number of anilines is 2. The third-order valence-corrected chi connectivity index (χ3v) is 5.30. The fourth-order valence-corrected chi connectivity index (χ4v) is 3.51. The Morgan fingerprint density at radius 3 is 2.71 bits per heavy atom. The Labute approximate surface area is 181 Å². The maximum absolute atomic E-state index is 12.3. The van der Waals surface area contributed by atoms with E-state index in [0.717, 1.165) is 62.9 Å². The molecule has 1 saturated heterocycles. The smallest absolute Gasteiger partial charge is 0.224 e. The molecular weight excluding hydrogens is 394 g/mol. The van der Waals surface area contributed by atoms with E-state index in [2.05, 4.69) is 30.8 Å². The lowest BCUT2D eigenvalue weighted by molar-refractivity contribution is -0.116. The van der Waals surface area contributed by atoms with Gasteiger partial charge in [-0.25, -0.2) is 0 Å². The van der Waals surface area contributed by atoms with E-state index in [0.29, 0.717) is 24.3 Å². The van der Waals surface area contributed by atoms with Gasteiger partial charge in [0.15, 0.2) is 11.5 Å². The first-order chi connectivity index (χ1) is 15.2. The number of carbonyl (C=O) groups excluding carboxylic acids is 1. The molecule has 3 heterocycles. The van der Waals surface area contributed by atoms with Crippen LogP contribution in [0.2, 0.25) is 0 Å². The second-order valence-electron chi connectivity index (χ2n) is 7.75. The SMILES string of the molecule is Cc1ccc(NC(=O)CCc2nnc3ccc(NCCCN4CCOCC4)nn23)cc1. The summed E-state index contributed by atoms with van der Waals surface area (Å²) >= 11 is 0. The Balaban J connectivity index is 1.28. The van der Waals surface area contributed by atoms with Crippen LogP contribution in [0, 0.1) is 6.92 Å². The van der Waals surface area contributed by atoms with Crippen molar-refractivity contribution in [2.75, 3.05) is 50.0 Å². The van der Waals surface area contributed by atoms with Crippen LogP contribution < -0.4 is 10.6 Å². The van der Waals surface area contributed by atoms with Gasteiger partial charge in [0.2, 0.25) is 5.91 Å². The Bertz CT molecular complexity index is 997. The van der Waals surface area contributed by atoms with E-state index in [1.165, 1.54) is 0 Å². The van der Waals surface area contributed by atoms with Crippen LogP contribution in [-0.2, 0) is 16.0 Å². The van der Waals surface area contributed by atoms with E-state index in [4.69, 9.17) is 4.74 Å². The number of nitrogens with zero attached hydrogens (tertiary/aromatic N) is 5. The van der Waals surface area contributed by atoms with Crippen molar-refractivity contribution in [1.29, 1.82) is 0 Å². The number of morpholine rings is 1. The maximum Gasteiger partial charge on any atom is 0.224 e. The monoisotopic (exact) mass is 423 g/mol. The van der Waals surface area contributed by atoms with Crippen LogP contribution in [0.1, 0.15) is 24.2 Å². The molecular formula is C22H29N7O2. The lowest BCUT2D eigenvalue weighted by Crippen LogP contribution is -2.37. The molecule has 1 amide bonds. The van der Waals surface area contributed by atoms with Crippen LogP contribution in [0.15, 0.2) is 36.4 Å². The Morgan fingerprint density at radius 2 is 1.90 bits per heavy atom. The summed E-state index contributed by atoms with van der Waals surface area (Å²) < 4.78 is 7.09. The number of benzene rings is 1. The van der Waals surface area contributed by atoms with E-state index >= 15 is 0 Å². The van der Waals surface area contributed by atoms with Gasteiger partial charge in [-0.3, -0.25) is 9.69 Å². The summed E-state index contributed by atoms with van der Waals surface area (Å²) in [5, 5.41) is 19.3. The summed E-state index contributed by atoms with van der Waals surface area (Å²) in [7, 11) is 0. The lowest BCUT2D eigenvalue weighted by atomic mass is 10.2. The molecule has 0 radical (unpaired) electrons. The summed E-state index contributed by atoms with van der Waals surface area (Å²) in [4.78, 5) is 14.7. The molecule has 0 saturated carbocycles. The predicted octanol–water partition coefficient (Wildman–Crippen LogP) is 2.14. The number of aryl methyl sites for hydroxylation is 2. The highest BCUT2D eigenvalue weighted by atomic mass is 16.5. The third kappa shape index (κ3) is 5.99. The standard InChI is InChI=1S/C22H29N7O2/c1-17-3-5-18(6-4-17)24-22(30)10-9-21-26-25-20-8-7-19(27-29(20)21)23-11-2-12-28-13-15-31-16-14-28/h3-8H,2,9-16H2,1H3,(H,23,27)(H,24,30). The molecule has 9 heteroatoms. The molecule has 0 atom stereocenters. The molecule has 1 fully saturated rings. The molecule has 0 unspecified atom stereocenters. The van der Waals surface area contributed by atoms with Crippen LogP contribution in [0.4, 0.5) is 11.5 Å². The molecule has 0 aliphatic carbocycles. The van der Waals surface area contributed by atoms with Crippen molar-refractivity contribution < 1.29 is 9.53 Å². The maximum atomic E-state index is 12.3. The van der Waals surface area contributed by atoms with Crippen molar-refractivity contribution in [3.8, 4) is 0 Å². The molecule has 4 rings (SSSR count). The summed E-state index contributed by atoms with van der Waals surface area (Å²) in [6.07, 6.45) is 1.81. The predicted molar refractivity (Wildman–Crippen MR) is 119 cm³/mol. The number of nitrogens with one attached hydrogen (secondary N) is 2. The van der Waals surface area contributed by atoms with Gasteiger partial charge in [0.05, 0.1) is 13.2 Å². The van der Waals surface area contributed by atoms with E-state index in [-0.39, 0.29) is 5.91 Å². The number of fused-ring (bicyclic) bond motifs is 1. The molecule has 0 bridgehead atoms. The van der Waals surface area contributed by atoms with Gasteiger partial charge in [-0.05, 0) is 44.2 Å². The molecule has 1 aliphatic heterocycles. The van der Waals surface area contributed by atoms with Gasteiger partial charge in [-0.15, -0.1) is 15.3 Å². The van der Waals surface area contributed by atoms with Gasteiger partial charge in [0.1, 0.15) is 5.82 Å². The number of amides is 1. The van der Waals surface area contributed by atoms with Gasteiger partial charge in [0.25, 0.3) is 0 Å². The van der Waals surface area contributed by atoms with E-state index < -0.39 is 0 Å². The van der Waals surface area contributed by atoms with E-state index in [1.54, 1.807) is 4.52 Å². The van der Waals surface area contributed by atoms with Gasteiger partial charge in [0, 0.05) is 38.2 Å². The number of hydrogen-bond acceptors (Lipinski definition) is 7. The minimum atomic E-state index is -0.0574. The van der Waals surface area contributed by atoms with Crippen molar-refractivity contribution in [3.63, 3.8) is 0 Å². The van der Waals surface area contributed by atoms with Crippen LogP contribution in [0.5, 0.6) is 0 Å². The zero-order valence-electron chi connectivity index (χ0n) is 17.9. The Kier molecular flexibility index (Phi) is 7.06. The summed E-state index contributed by atoms with van der Waals surface area (Å²) in [5.74, 6) is 1.39. The normalized spacial score (nSPS) is 14.6. The molecule has 2 aromatic heterocycles. The second kappa shape index (κ2) is 10.3. The van der Waals surface area contributed by atoms with Crippen LogP contribution in [0.25, 0.3) is 5.65 Å². The Hall–Kier alpha value is -3.04. The highest BCUT2D eigenvalue weighted by molar-refractivity contribution is 5.90. The van der Waals surface area contributed by atoms with Crippen LogP contribution >= 0.6 is 0 Å². The lowest BCUT2D eigenvalue weighted by Gasteiger charge is -2.26. The topological polar surface area (TPSA) is 96.7 Å². The quantitative estimate of drug-likeness (QED) is 0.509. The highest BCUT2D eigenvalue weighted by Gasteiger charge is 2.12. The molecule has 2 N–H and O–H groups in total. The fraction of sp³-hybridized carbons (Fsp3) is 0.455. The van der Waals surface area contributed by atoms with Gasteiger partial charge < -0.3 is 15.4 Å². The zero-order chi connectivity index (χ0) is 21.5. The molecule has 9 nitrogen and oxygen atoms in total. The van der Waals surface area contributed by atoms with Crippen molar-refractivity contribution in [2.45, 2.75) is 26.2 Å². The highest BCUT2D eigenvalue weighted by Crippen LogP contribution is 2.11. The average molecular weight is 424 g/mol. The molecule has 0 spiro atoms. The minimum absolute atomic E-state index is 0.0574. The average Bonchev–Trinajstić information content (AvgIpc) is 3.20.